The number of rotatable bonds is 7. The number of halogens is 1. The number of aliphatic carboxylic acids is 1. The minimum absolute atomic E-state index is 0.0220. The predicted molar refractivity (Wildman–Crippen MR) is 91.0 cm³/mol. The molecule has 138 valence electrons. The van der Waals surface area contributed by atoms with Crippen LogP contribution in [0.5, 0.6) is 5.75 Å². The Morgan fingerprint density at radius 2 is 2.08 bits per heavy atom. The average molecular weight is 352 g/mol. The minimum atomic E-state index is -0.836. The summed E-state index contributed by atoms with van der Waals surface area (Å²) in [5.41, 5.74) is 0. The first kappa shape index (κ1) is 19.2. The summed E-state index contributed by atoms with van der Waals surface area (Å²) in [7, 11) is 0. The lowest BCUT2D eigenvalue weighted by atomic mass is 10.0. The van der Waals surface area contributed by atoms with Crippen molar-refractivity contribution < 1.29 is 23.8 Å². The highest BCUT2D eigenvalue weighted by molar-refractivity contribution is 5.81. The molecule has 0 spiro atoms. The third kappa shape index (κ3) is 5.42. The first-order valence-corrected chi connectivity index (χ1v) is 8.57. The van der Waals surface area contributed by atoms with Gasteiger partial charge in [0.1, 0.15) is 11.6 Å². The molecule has 1 saturated heterocycles. The van der Waals surface area contributed by atoms with Crippen LogP contribution in [0.15, 0.2) is 24.3 Å². The Morgan fingerprint density at radius 3 is 2.64 bits per heavy atom. The zero-order chi connectivity index (χ0) is 18.4. The van der Waals surface area contributed by atoms with Crippen LogP contribution < -0.4 is 4.74 Å². The predicted octanol–water partition coefficient (Wildman–Crippen LogP) is 1.99. The monoisotopic (exact) mass is 352 g/mol. The molecule has 1 aromatic rings. The van der Waals surface area contributed by atoms with Gasteiger partial charge >= 0.3 is 5.97 Å². The molecule has 1 fully saturated rings. The lowest BCUT2D eigenvalue weighted by Crippen LogP contribution is -2.50. The van der Waals surface area contributed by atoms with E-state index in [0.29, 0.717) is 25.4 Å². The Kier molecular flexibility index (Phi) is 6.75. The van der Waals surface area contributed by atoms with Crippen LogP contribution in [0.25, 0.3) is 0 Å². The molecule has 1 aliphatic rings. The molecule has 0 bridgehead atoms. The Hall–Kier alpha value is -2.15. The van der Waals surface area contributed by atoms with E-state index in [4.69, 9.17) is 9.84 Å². The van der Waals surface area contributed by atoms with E-state index in [-0.39, 0.29) is 18.5 Å². The summed E-state index contributed by atoms with van der Waals surface area (Å²) >= 11 is 0. The van der Waals surface area contributed by atoms with E-state index in [1.165, 1.54) is 18.2 Å². The number of nitrogens with zero attached hydrogens (tertiary/aromatic N) is 2. The van der Waals surface area contributed by atoms with Gasteiger partial charge in [-0.3, -0.25) is 14.5 Å². The summed E-state index contributed by atoms with van der Waals surface area (Å²) in [6.07, 6.45) is 0.777. The molecule has 0 saturated carbocycles. The average Bonchev–Trinajstić information content (AvgIpc) is 2.59. The molecule has 25 heavy (non-hydrogen) atoms. The van der Waals surface area contributed by atoms with E-state index in [0.717, 1.165) is 12.8 Å². The van der Waals surface area contributed by atoms with Crippen molar-refractivity contribution in [1.29, 1.82) is 0 Å². The van der Waals surface area contributed by atoms with Crippen LogP contribution in [-0.4, -0.2) is 65.1 Å². The first-order chi connectivity index (χ1) is 11.9. The van der Waals surface area contributed by atoms with Crippen molar-refractivity contribution in [2.75, 3.05) is 26.2 Å². The number of hydrogen-bond acceptors (Lipinski definition) is 4. The number of piperidine rings is 1. The van der Waals surface area contributed by atoms with Crippen LogP contribution in [0.1, 0.15) is 26.7 Å². The summed E-state index contributed by atoms with van der Waals surface area (Å²) in [6, 6.07) is 5.89. The molecule has 1 amide bonds. The maximum absolute atomic E-state index is 13.2. The smallest absolute Gasteiger partial charge is 0.317 e. The van der Waals surface area contributed by atoms with Gasteiger partial charge in [0.25, 0.3) is 5.91 Å². The highest BCUT2D eigenvalue weighted by Crippen LogP contribution is 2.19. The Bertz CT molecular complexity index is 602. The standard InChI is InChI=1S/C18H25FN2O4/c1-3-20(12-17(22)23)15-7-9-21(10-8-15)18(24)13(2)25-16-6-4-5-14(19)11-16/h4-6,11,13,15H,3,7-10,12H2,1-2H3,(H,22,23)/t13-/m1/s1. The number of carbonyl (C=O) groups excluding carboxylic acids is 1. The lowest BCUT2D eigenvalue weighted by molar-refractivity contribution is -0.142. The van der Waals surface area contributed by atoms with Crippen LogP contribution in [0.4, 0.5) is 4.39 Å². The van der Waals surface area contributed by atoms with Crippen molar-refractivity contribution in [3.63, 3.8) is 0 Å². The molecule has 1 aromatic carbocycles. The maximum Gasteiger partial charge on any atom is 0.317 e. The number of likely N-dealkylation sites (N-methyl/N-ethyl adjacent to an activating group) is 1. The molecule has 2 rings (SSSR count). The van der Waals surface area contributed by atoms with E-state index in [1.807, 2.05) is 11.8 Å². The molecule has 0 radical (unpaired) electrons. The molecular weight excluding hydrogens is 327 g/mol. The number of carboxylic acid groups (broad SMARTS) is 1. The van der Waals surface area contributed by atoms with Crippen molar-refractivity contribution in [2.45, 2.75) is 38.8 Å². The van der Waals surface area contributed by atoms with Gasteiger partial charge < -0.3 is 14.7 Å². The first-order valence-electron chi connectivity index (χ1n) is 8.57. The highest BCUT2D eigenvalue weighted by atomic mass is 19.1. The van der Waals surface area contributed by atoms with Crippen LogP contribution in [-0.2, 0) is 9.59 Å². The third-order valence-electron chi connectivity index (χ3n) is 4.49. The van der Waals surface area contributed by atoms with E-state index in [9.17, 15) is 14.0 Å². The van der Waals surface area contributed by atoms with Gasteiger partial charge in [-0.2, -0.15) is 0 Å². The Labute approximate surface area is 147 Å². The van der Waals surface area contributed by atoms with Gasteiger partial charge in [0.05, 0.1) is 6.54 Å². The highest BCUT2D eigenvalue weighted by Gasteiger charge is 2.29. The van der Waals surface area contributed by atoms with Gasteiger partial charge in [0, 0.05) is 25.2 Å². The summed E-state index contributed by atoms with van der Waals surface area (Å²) < 4.78 is 18.7. The largest absolute Gasteiger partial charge is 0.481 e. The van der Waals surface area contributed by atoms with E-state index in [2.05, 4.69) is 0 Å². The SMILES string of the molecule is CCN(CC(=O)O)C1CCN(C(=O)[C@@H](C)Oc2cccc(F)c2)CC1. The molecule has 6 nitrogen and oxygen atoms in total. The van der Waals surface area contributed by atoms with Crippen LogP contribution in [0.3, 0.4) is 0 Å². The number of likely N-dealkylation sites (tertiary alicyclic amines) is 1. The summed E-state index contributed by atoms with van der Waals surface area (Å²) in [6.45, 7) is 5.42. The number of carbonyl (C=O) groups is 2. The van der Waals surface area contributed by atoms with Gasteiger partial charge in [-0.15, -0.1) is 0 Å². The minimum Gasteiger partial charge on any atom is -0.481 e. The fraction of sp³-hybridized carbons (Fsp3) is 0.556. The second-order valence-corrected chi connectivity index (χ2v) is 6.23. The van der Waals surface area contributed by atoms with Gasteiger partial charge in [0.2, 0.25) is 0 Å². The van der Waals surface area contributed by atoms with E-state index < -0.39 is 17.9 Å². The summed E-state index contributed by atoms with van der Waals surface area (Å²) in [4.78, 5) is 27.1. The number of amides is 1. The molecule has 1 heterocycles. The van der Waals surface area contributed by atoms with Crippen LogP contribution in [0.2, 0.25) is 0 Å². The van der Waals surface area contributed by atoms with Gasteiger partial charge in [0.15, 0.2) is 6.10 Å². The Morgan fingerprint density at radius 1 is 1.40 bits per heavy atom. The normalized spacial score (nSPS) is 16.7. The van der Waals surface area contributed by atoms with Crippen molar-refractivity contribution in [1.82, 2.24) is 9.80 Å². The summed E-state index contributed by atoms with van der Waals surface area (Å²) in [5, 5.41) is 8.97. The topological polar surface area (TPSA) is 70.1 Å². The third-order valence-corrected chi connectivity index (χ3v) is 4.49. The van der Waals surface area contributed by atoms with Crippen molar-refractivity contribution in [3.8, 4) is 5.75 Å². The molecule has 0 aliphatic carbocycles. The van der Waals surface area contributed by atoms with Crippen LogP contribution in [0, 0.1) is 5.82 Å². The second kappa shape index (κ2) is 8.80. The molecule has 0 unspecified atom stereocenters. The van der Waals surface area contributed by atoms with Crippen molar-refractivity contribution >= 4 is 11.9 Å². The number of ether oxygens (including phenoxy) is 1. The Balaban J connectivity index is 1.86. The zero-order valence-corrected chi connectivity index (χ0v) is 14.7. The lowest BCUT2D eigenvalue weighted by Gasteiger charge is -2.38. The van der Waals surface area contributed by atoms with Gasteiger partial charge in [-0.05, 0) is 38.4 Å². The summed E-state index contributed by atoms with van der Waals surface area (Å²) in [5.74, 6) is -1.05. The zero-order valence-electron chi connectivity index (χ0n) is 14.7. The maximum atomic E-state index is 13.2. The molecular formula is C18H25FN2O4. The molecule has 0 aromatic heterocycles. The van der Waals surface area contributed by atoms with E-state index >= 15 is 0 Å². The quantitative estimate of drug-likeness (QED) is 0.813. The van der Waals surface area contributed by atoms with E-state index in [1.54, 1.807) is 17.9 Å². The van der Waals surface area contributed by atoms with Crippen molar-refractivity contribution in [2.24, 2.45) is 0 Å². The van der Waals surface area contributed by atoms with Crippen molar-refractivity contribution in [3.05, 3.63) is 30.1 Å². The van der Waals surface area contributed by atoms with Gasteiger partial charge in [-0.1, -0.05) is 13.0 Å². The molecule has 1 aliphatic heterocycles. The molecule has 1 atom stereocenters. The fourth-order valence-electron chi connectivity index (χ4n) is 3.18. The number of benzene rings is 1. The van der Waals surface area contributed by atoms with Crippen LogP contribution >= 0.6 is 0 Å². The second-order valence-electron chi connectivity index (χ2n) is 6.23. The molecule has 7 heteroatoms. The fourth-order valence-corrected chi connectivity index (χ4v) is 3.18. The number of hydrogen-bond donors (Lipinski definition) is 1. The molecule has 1 N–H and O–H groups in total. The number of carboxylic acids is 1. The van der Waals surface area contributed by atoms with Gasteiger partial charge in [-0.25, -0.2) is 4.39 Å².